The second-order valence-corrected chi connectivity index (χ2v) is 4.71. The van der Waals surface area contributed by atoms with Gasteiger partial charge in [0.25, 0.3) is 5.91 Å². The number of aryl methyl sites for hydroxylation is 2. The molecule has 0 atom stereocenters. The third-order valence-electron chi connectivity index (χ3n) is 3.60. The second kappa shape index (κ2) is 4.07. The monoisotopic (exact) mass is 241 g/mol. The Bertz CT molecular complexity index is 649. The molecule has 3 N–H and O–H groups in total. The van der Waals surface area contributed by atoms with Gasteiger partial charge in [0.05, 0.1) is 11.1 Å². The van der Waals surface area contributed by atoms with Gasteiger partial charge in [0, 0.05) is 11.1 Å². The Morgan fingerprint density at radius 1 is 1.39 bits per heavy atom. The first-order chi connectivity index (χ1) is 8.72. The van der Waals surface area contributed by atoms with Crippen LogP contribution in [0.2, 0.25) is 0 Å². The molecule has 0 saturated heterocycles. The largest absolute Gasteiger partial charge is 0.290 e. The summed E-state index contributed by atoms with van der Waals surface area (Å²) in [6.45, 7) is 2.01. The van der Waals surface area contributed by atoms with E-state index in [1.165, 1.54) is 0 Å². The van der Waals surface area contributed by atoms with Crippen molar-refractivity contribution in [2.75, 3.05) is 0 Å². The van der Waals surface area contributed by atoms with E-state index in [0.717, 1.165) is 47.0 Å². The summed E-state index contributed by atoms with van der Waals surface area (Å²) in [5.41, 5.74) is 7.08. The van der Waals surface area contributed by atoms with E-state index in [2.05, 4.69) is 5.43 Å². The van der Waals surface area contributed by atoms with Crippen LogP contribution in [0.3, 0.4) is 0 Å². The van der Waals surface area contributed by atoms with E-state index in [-0.39, 0.29) is 5.91 Å². The van der Waals surface area contributed by atoms with Gasteiger partial charge in [-0.05, 0) is 37.3 Å². The van der Waals surface area contributed by atoms with Crippen molar-refractivity contribution in [3.63, 3.8) is 0 Å². The Balaban J connectivity index is 2.43. The van der Waals surface area contributed by atoms with Crippen molar-refractivity contribution in [3.8, 4) is 0 Å². The van der Waals surface area contributed by atoms with Crippen molar-refractivity contribution in [2.45, 2.75) is 26.2 Å². The zero-order valence-electron chi connectivity index (χ0n) is 10.3. The van der Waals surface area contributed by atoms with Gasteiger partial charge in [0.15, 0.2) is 0 Å². The minimum Gasteiger partial charge on any atom is -0.290 e. The Labute approximate surface area is 105 Å². The van der Waals surface area contributed by atoms with Crippen LogP contribution in [0.5, 0.6) is 0 Å². The van der Waals surface area contributed by atoms with Gasteiger partial charge >= 0.3 is 0 Å². The fourth-order valence-corrected chi connectivity index (χ4v) is 2.76. The van der Waals surface area contributed by atoms with Gasteiger partial charge in [0.2, 0.25) is 0 Å². The molecule has 3 rings (SSSR count). The van der Waals surface area contributed by atoms with Gasteiger partial charge in [-0.2, -0.15) is 0 Å². The summed E-state index contributed by atoms with van der Waals surface area (Å²) in [4.78, 5) is 16.7. The highest BCUT2D eigenvalue weighted by Crippen LogP contribution is 2.30. The molecule has 0 bridgehead atoms. The van der Waals surface area contributed by atoms with E-state index in [1.54, 1.807) is 0 Å². The Hall–Kier alpha value is -1.94. The summed E-state index contributed by atoms with van der Waals surface area (Å²) in [6.07, 6.45) is 2.92. The first-order valence-corrected chi connectivity index (χ1v) is 6.14. The number of nitrogens with one attached hydrogen (secondary N) is 1. The molecule has 4 nitrogen and oxygen atoms in total. The molecular weight excluding hydrogens is 226 g/mol. The average molecular weight is 241 g/mol. The van der Waals surface area contributed by atoms with Crippen LogP contribution in [-0.4, -0.2) is 10.9 Å². The van der Waals surface area contributed by atoms with Crippen molar-refractivity contribution < 1.29 is 4.79 Å². The lowest BCUT2D eigenvalue weighted by molar-refractivity contribution is 0.0954. The fourth-order valence-electron chi connectivity index (χ4n) is 2.76. The predicted molar refractivity (Wildman–Crippen MR) is 70.2 cm³/mol. The van der Waals surface area contributed by atoms with Crippen LogP contribution in [0.15, 0.2) is 18.2 Å². The van der Waals surface area contributed by atoms with Gasteiger partial charge in [-0.25, -0.2) is 5.84 Å². The molecule has 18 heavy (non-hydrogen) atoms. The standard InChI is InChI=1S/C14H15N3O/c1-8-4-2-6-10-12(14(18)17-15)9-5-3-7-11(9)16-13(8)10/h2,4,6H,3,5,7,15H2,1H3,(H,17,18). The molecular formula is C14H15N3O. The highest BCUT2D eigenvalue weighted by atomic mass is 16.2. The summed E-state index contributed by atoms with van der Waals surface area (Å²) in [5, 5.41) is 0.901. The quantitative estimate of drug-likeness (QED) is 0.453. The number of aromatic nitrogens is 1. The number of hydrogen-bond donors (Lipinski definition) is 2. The Morgan fingerprint density at radius 2 is 2.22 bits per heavy atom. The van der Waals surface area contributed by atoms with Crippen molar-refractivity contribution >= 4 is 16.8 Å². The number of rotatable bonds is 1. The maximum Gasteiger partial charge on any atom is 0.266 e. The van der Waals surface area contributed by atoms with E-state index >= 15 is 0 Å². The smallest absolute Gasteiger partial charge is 0.266 e. The van der Waals surface area contributed by atoms with E-state index < -0.39 is 0 Å². The number of carbonyl (C=O) groups excluding carboxylic acids is 1. The van der Waals surface area contributed by atoms with Crippen molar-refractivity contribution in [1.82, 2.24) is 10.4 Å². The van der Waals surface area contributed by atoms with E-state index in [9.17, 15) is 4.79 Å². The lowest BCUT2D eigenvalue weighted by Gasteiger charge is -2.12. The molecule has 0 fully saturated rings. The molecule has 0 spiro atoms. The zero-order chi connectivity index (χ0) is 12.7. The average Bonchev–Trinajstić information content (AvgIpc) is 2.84. The number of fused-ring (bicyclic) bond motifs is 2. The van der Waals surface area contributed by atoms with Crippen LogP contribution < -0.4 is 11.3 Å². The summed E-state index contributed by atoms with van der Waals surface area (Å²) < 4.78 is 0. The molecule has 92 valence electrons. The molecule has 1 aliphatic carbocycles. The topological polar surface area (TPSA) is 68.0 Å². The predicted octanol–water partition coefficient (Wildman–Crippen LogP) is 1.64. The lowest BCUT2D eigenvalue weighted by atomic mass is 9.99. The number of benzene rings is 1. The molecule has 2 aromatic rings. The number of nitrogens with two attached hydrogens (primary N) is 1. The molecule has 0 radical (unpaired) electrons. The van der Waals surface area contributed by atoms with Crippen LogP contribution >= 0.6 is 0 Å². The second-order valence-electron chi connectivity index (χ2n) is 4.71. The SMILES string of the molecule is Cc1cccc2c(C(=O)NN)c3c(nc12)CCC3. The van der Waals surface area contributed by atoms with Crippen LogP contribution in [0, 0.1) is 6.92 Å². The van der Waals surface area contributed by atoms with Gasteiger partial charge in [0.1, 0.15) is 0 Å². The molecule has 0 saturated carbocycles. The summed E-state index contributed by atoms with van der Waals surface area (Å²) in [6, 6.07) is 5.91. The fraction of sp³-hybridized carbons (Fsp3) is 0.286. The number of para-hydroxylation sites is 1. The molecule has 1 aromatic heterocycles. The van der Waals surface area contributed by atoms with Crippen molar-refractivity contribution in [3.05, 3.63) is 40.6 Å². The van der Waals surface area contributed by atoms with Gasteiger partial charge in [-0.3, -0.25) is 15.2 Å². The van der Waals surface area contributed by atoms with Gasteiger partial charge < -0.3 is 0 Å². The number of nitrogen functional groups attached to an aromatic ring is 1. The highest BCUT2D eigenvalue weighted by Gasteiger charge is 2.23. The number of hydrazine groups is 1. The van der Waals surface area contributed by atoms with Crippen molar-refractivity contribution in [2.24, 2.45) is 5.84 Å². The molecule has 1 heterocycles. The summed E-state index contributed by atoms with van der Waals surface area (Å²) >= 11 is 0. The molecule has 4 heteroatoms. The van der Waals surface area contributed by atoms with Crippen LogP contribution in [0.4, 0.5) is 0 Å². The van der Waals surface area contributed by atoms with E-state index in [1.807, 2.05) is 25.1 Å². The lowest BCUT2D eigenvalue weighted by Crippen LogP contribution is -2.31. The Kier molecular flexibility index (Phi) is 2.52. The highest BCUT2D eigenvalue weighted by molar-refractivity contribution is 6.08. The molecule has 1 aromatic carbocycles. The third kappa shape index (κ3) is 1.49. The maximum atomic E-state index is 12.0. The van der Waals surface area contributed by atoms with Gasteiger partial charge in [-0.1, -0.05) is 18.2 Å². The van der Waals surface area contributed by atoms with Crippen LogP contribution in [0.1, 0.15) is 33.6 Å². The van der Waals surface area contributed by atoms with Crippen molar-refractivity contribution in [1.29, 1.82) is 0 Å². The number of nitrogens with zero attached hydrogens (tertiary/aromatic N) is 1. The molecule has 1 amide bonds. The third-order valence-corrected chi connectivity index (χ3v) is 3.60. The minimum atomic E-state index is -0.217. The molecule has 1 aliphatic rings. The first-order valence-electron chi connectivity index (χ1n) is 6.14. The number of hydrogen-bond acceptors (Lipinski definition) is 3. The van der Waals surface area contributed by atoms with E-state index in [0.29, 0.717) is 5.56 Å². The molecule has 0 unspecified atom stereocenters. The molecule has 0 aliphatic heterocycles. The number of carbonyl (C=O) groups is 1. The van der Waals surface area contributed by atoms with Crippen LogP contribution in [-0.2, 0) is 12.8 Å². The van der Waals surface area contributed by atoms with Crippen LogP contribution in [0.25, 0.3) is 10.9 Å². The zero-order valence-corrected chi connectivity index (χ0v) is 10.3. The summed E-state index contributed by atoms with van der Waals surface area (Å²) in [7, 11) is 0. The number of amides is 1. The minimum absolute atomic E-state index is 0.217. The Morgan fingerprint density at radius 3 is 3.00 bits per heavy atom. The van der Waals surface area contributed by atoms with E-state index in [4.69, 9.17) is 10.8 Å². The first kappa shape index (κ1) is 11.2. The summed E-state index contributed by atoms with van der Waals surface area (Å²) in [5.74, 6) is 5.09. The number of pyridine rings is 1. The maximum absolute atomic E-state index is 12.0. The van der Waals surface area contributed by atoms with Gasteiger partial charge in [-0.15, -0.1) is 0 Å². The normalized spacial score (nSPS) is 13.7.